The summed E-state index contributed by atoms with van der Waals surface area (Å²) in [6, 6.07) is 0. The summed E-state index contributed by atoms with van der Waals surface area (Å²) in [7, 11) is 0. The van der Waals surface area contributed by atoms with Crippen LogP contribution in [0.1, 0.15) is 98.3 Å². The minimum absolute atomic E-state index is 0.885. The zero-order chi connectivity index (χ0) is 13.6. The van der Waals surface area contributed by atoms with Crippen LogP contribution in [-0.2, 0) is 0 Å². The van der Waals surface area contributed by atoms with Gasteiger partial charge in [0.25, 0.3) is 0 Å². The number of hydrogen-bond donors (Lipinski definition) is 0. The molecular formula is C18H37. The molecule has 0 aliphatic carbocycles. The van der Waals surface area contributed by atoms with Crippen LogP contribution in [0.4, 0.5) is 0 Å². The molecule has 0 heterocycles. The van der Waals surface area contributed by atoms with Gasteiger partial charge in [0.15, 0.2) is 0 Å². The third-order valence-electron chi connectivity index (χ3n) is 4.10. The quantitative estimate of drug-likeness (QED) is 0.317. The molecule has 0 aromatic carbocycles. The molecule has 0 N–H and O–H groups in total. The molecule has 1 radical (unpaired) electrons. The van der Waals surface area contributed by atoms with Crippen LogP contribution >= 0.6 is 0 Å². The van der Waals surface area contributed by atoms with Crippen LogP contribution in [0.15, 0.2) is 0 Å². The van der Waals surface area contributed by atoms with Crippen molar-refractivity contribution < 1.29 is 0 Å². The van der Waals surface area contributed by atoms with Gasteiger partial charge in [0.05, 0.1) is 0 Å². The molecule has 0 amide bonds. The highest BCUT2D eigenvalue weighted by atomic mass is 14.2. The van der Waals surface area contributed by atoms with E-state index in [1.54, 1.807) is 0 Å². The van der Waals surface area contributed by atoms with Gasteiger partial charge in [0.2, 0.25) is 0 Å². The zero-order valence-corrected chi connectivity index (χ0v) is 13.5. The summed E-state index contributed by atoms with van der Waals surface area (Å²) in [5.41, 5.74) is 0. The summed E-state index contributed by atoms with van der Waals surface area (Å²) in [5, 5.41) is 0. The topological polar surface area (TPSA) is 0 Å². The smallest absolute Gasteiger partial charge is 0.0324 e. The monoisotopic (exact) mass is 253 g/mol. The fourth-order valence-electron chi connectivity index (χ4n) is 2.75. The Morgan fingerprint density at radius 3 is 1.56 bits per heavy atom. The van der Waals surface area contributed by atoms with E-state index in [9.17, 15) is 0 Å². The standard InChI is InChI=1S/C18H37/c1-5-9-12-15-17(8-4)16-18(13-10-6-2)14-11-7-3/h16-18H,5-15H2,1-4H3. The maximum absolute atomic E-state index is 2.72. The first kappa shape index (κ1) is 18.0. The van der Waals surface area contributed by atoms with Crippen LogP contribution in [-0.4, -0.2) is 0 Å². The second-order valence-electron chi connectivity index (χ2n) is 5.90. The van der Waals surface area contributed by atoms with Gasteiger partial charge < -0.3 is 0 Å². The molecule has 0 aliphatic rings. The summed E-state index contributed by atoms with van der Waals surface area (Å²) in [6.07, 6.45) is 18.1. The molecule has 109 valence electrons. The van der Waals surface area contributed by atoms with Crippen LogP contribution in [0.25, 0.3) is 0 Å². The van der Waals surface area contributed by atoms with E-state index in [2.05, 4.69) is 34.1 Å². The predicted octanol–water partition coefficient (Wildman–Crippen LogP) is 6.79. The van der Waals surface area contributed by atoms with Gasteiger partial charge in [0, 0.05) is 0 Å². The van der Waals surface area contributed by atoms with Gasteiger partial charge >= 0.3 is 0 Å². The normalized spacial score (nSPS) is 13.2. The van der Waals surface area contributed by atoms with Crippen LogP contribution < -0.4 is 0 Å². The van der Waals surface area contributed by atoms with Crippen molar-refractivity contribution in [2.24, 2.45) is 11.8 Å². The third-order valence-corrected chi connectivity index (χ3v) is 4.10. The van der Waals surface area contributed by atoms with Crippen LogP contribution in [0, 0.1) is 18.3 Å². The molecule has 0 spiro atoms. The lowest BCUT2D eigenvalue weighted by atomic mass is 9.83. The van der Waals surface area contributed by atoms with E-state index >= 15 is 0 Å². The molecule has 0 saturated heterocycles. The van der Waals surface area contributed by atoms with Crippen molar-refractivity contribution in [2.75, 3.05) is 0 Å². The second kappa shape index (κ2) is 13.4. The van der Waals surface area contributed by atoms with E-state index in [0.717, 1.165) is 11.8 Å². The Hall–Kier alpha value is 0. The second-order valence-corrected chi connectivity index (χ2v) is 5.90. The molecule has 1 unspecified atom stereocenters. The molecule has 0 nitrogen and oxygen atoms in total. The molecule has 0 fully saturated rings. The highest BCUT2D eigenvalue weighted by Gasteiger charge is 2.14. The summed E-state index contributed by atoms with van der Waals surface area (Å²) in [5.74, 6) is 1.78. The fraction of sp³-hybridized carbons (Fsp3) is 0.944. The Bertz CT molecular complexity index is 142. The molecule has 0 bridgehead atoms. The van der Waals surface area contributed by atoms with Crippen LogP contribution in [0.5, 0.6) is 0 Å². The van der Waals surface area contributed by atoms with E-state index in [0.29, 0.717) is 0 Å². The Balaban J connectivity index is 3.97. The summed E-state index contributed by atoms with van der Waals surface area (Å²) < 4.78 is 0. The lowest BCUT2D eigenvalue weighted by Gasteiger charge is -2.22. The Morgan fingerprint density at radius 2 is 1.11 bits per heavy atom. The van der Waals surface area contributed by atoms with Gasteiger partial charge in [-0.3, -0.25) is 0 Å². The maximum atomic E-state index is 2.72. The van der Waals surface area contributed by atoms with Crippen molar-refractivity contribution in [3.63, 3.8) is 0 Å². The maximum Gasteiger partial charge on any atom is -0.0324 e. The van der Waals surface area contributed by atoms with Gasteiger partial charge in [-0.05, 0) is 18.3 Å². The lowest BCUT2D eigenvalue weighted by Crippen LogP contribution is -2.10. The van der Waals surface area contributed by atoms with Gasteiger partial charge in [0.1, 0.15) is 0 Å². The molecule has 18 heavy (non-hydrogen) atoms. The average molecular weight is 253 g/mol. The van der Waals surface area contributed by atoms with E-state index < -0.39 is 0 Å². The molecule has 0 rings (SSSR count). The molecular weight excluding hydrogens is 216 g/mol. The minimum atomic E-state index is 0.885. The first-order chi connectivity index (χ1) is 8.78. The molecule has 0 saturated carbocycles. The van der Waals surface area contributed by atoms with Crippen molar-refractivity contribution >= 4 is 0 Å². The third kappa shape index (κ3) is 9.97. The number of hydrogen-bond acceptors (Lipinski definition) is 0. The molecule has 1 atom stereocenters. The van der Waals surface area contributed by atoms with Crippen LogP contribution in [0.3, 0.4) is 0 Å². The largest absolute Gasteiger partial charge is 0.0654 e. The van der Waals surface area contributed by atoms with Crippen molar-refractivity contribution in [3.8, 4) is 0 Å². The summed E-state index contributed by atoms with van der Waals surface area (Å²) in [6.45, 7) is 9.30. The SMILES string of the molecule is CCCCCC([CH]C(CCCC)CCCC)CC. The first-order valence-corrected chi connectivity index (χ1v) is 8.63. The van der Waals surface area contributed by atoms with E-state index in [1.165, 1.54) is 70.6 Å². The summed E-state index contributed by atoms with van der Waals surface area (Å²) >= 11 is 0. The van der Waals surface area contributed by atoms with Gasteiger partial charge in [-0.1, -0.05) is 98.3 Å². The van der Waals surface area contributed by atoms with Crippen molar-refractivity contribution in [1.82, 2.24) is 0 Å². The van der Waals surface area contributed by atoms with Gasteiger partial charge in [-0.2, -0.15) is 0 Å². The Kier molecular flexibility index (Phi) is 13.4. The zero-order valence-electron chi connectivity index (χ0n) is 13.5. The van der Waals surface area contributed by atoms with Crippen molar-refractivity contribution in [1.29, 1.82) is 0 Å². The molecule has 0 aliphatic heterocycles. The minimum Gasteiger partial charge on any atom is -0.0654 e. The molecule has 0 aromatic rings. The van der Waals surface area contributed by atoms with Gasteiger partial charge in [-0.25, -0.2) is 0 Å². The fourth-order valence-corrected chi connectivity index (χ4v) is 2.75. The van der Waals surface area contributed by atoms with Gasteiger partial charge in [-0.15, -0.1) is 0 Å². The highest BCUT2D eigenvalue weighted by molar-refractivity contribution is 4.83. The van der Waals surface area contributed by atoms with Crippen molar-refractivity contribution in [2.45, 2.75) is 98.3 Å². The molecule has 0 aromatic heterocycles. The van der Waals surface area contributed by atoms with E-state index in [4.69, 9.17) is 0 Å². The predicted molar refractivity (Wildman–Crippen MR) is 84.8 cm³/mol. The van der Waals surface area contributed by atoms with E-state index in [1.807, 2.05) is 0 Å². The lowest BCUT2D eigenvalue weighted by molar-refractivity contribution is 0.389. The molecule has 0 heteroatoms. The van der Waals surface area contributed by atoms with E-state index in [-0.39, 0.29) is 0 Å². The number of unbranched alkanes of at least 4 members (excludes halogenated alkanes) is 4. The number of rotatable bonds is 13. The average Bonchev–Trinajstić information content (AvgIpc) is 2.40. The van der Waals surface area contributed by atoms with Crippen molar-refractivity contribution in [3.05, 3.63) is 6.42 Å². The Morgan fingerprint density at radius 1 is 0.611 bits per heavy atom. The highest BCUT2D eigenvalue weighted by Crippen LogP contribution is 2.27. The van der Waals surface area contributed by atoms with Crippen LogP contribution in [0.2, 0.25) is 0 Å². The Labute approximate surface area is 117 Å². The summed E-state index contributed by atoms with van der Waals surface area (Å²) in [4.78, 5) is 0. The first-order valence-electron chi connectivity index (χ1n) is 8.63.